The molecule has 2 aromatic carbocycles. The lowest BCUT2D eigenvalue weighted by atomic mass is 9.87. The van der Waals surface area contributed by atoms with E-state index in [1.165, 1.54) is 0 Å². The molecule has 2 aromatic rings. The van der Waals surface area contributed by atoms with Gasteiger partial charge >= 0.3 is 5.97 Å². The molecule has 1 aliphatic heterocycles. The van der Waals surface area contributed by atoms with Crippen LogP contribution in [0.25, 0.3) is 0 Å². The van der Waals surface area contributed by atoms with Crippen LogP contribution in [0.15, 0.2) is 53.5 Å². The van der Waals surface area contributed by atoms with Gasteiger partial charge < -0.3 is 10.1 Å². The highest BCUT2D eigenvalue weighted by molar-refractivity contribution is 6.12. The maximum absolute atomic E-state index is 13.3. The molecule has 28 heavy (non-hydrogen) atoms. The molecule has 5 heteroatoms. The monoisotopic (exact) mass is 378 g/mol. The molecule has 0 amide bonds. The maximum atomic E-state index is 13.3. The zero-order chi connectivity index (χ0) is 19.9. The van der Waals surface area contributed by atoms with Gasteiger partial charge in [0.05, 0.1) is 18.1 Å². The van der Waals surface area contributed by atoms with Crippen LogP contribution in [-0.2, 0) is 11.2 Å². The first kappa shape index (κ1) is 19.8. The van der Waals surface area contributed by atoms with Gasteiger partial charge in [-0.2, -0.15) is 0 Å². The molecule has 0 saturated heterocycles. The van der Waals surface area contributed by atoms with E-state index < -0.39 is 5.92 Å². The van der Waals surface area contributed by atoms with Crippen molar-refractivity contribution in [1.82, 2.24) is 5.32 Å². The van der Waals surface area contributed by atoms with Gasteiger partial charge in [0.25, 0.3) is 0 Å². The molecule has 0 spiro atoms. The number of esters is 1. The van der Waals surface area contributed by atoms with E-state index in [4.69, 9.17) is 4.74 Å². The van der Waals surface area contributed by atoms with Gasteiger partial charge in [0.1, 0.15) is 5.84 Å². The predicted octanol–water partition coefficient (Wildman–Crippen LogP) is 3.61. The van der Waals surface area contributed by atoms with Crippen molar-refractivity contribution < 1.29 is 14.3 Å². The number of aryl methyl sites for hydroxylation is 1. The quantitative estimate of drug-likeness (QED) is 0.590. The number of nitrogens with one attached hydrogen (secondary N) is 1. The minimum atomic E-state index is -0.460. The second-order valence-corrected chi connectivity index (χ2v) is 6.91. The molecule has 0 aromatic heterocycles. The molecule has 0 saturated carbocycles. The SMILES string of the molecule is CCOC(=O)c1ccccc1CC(C(=O)c1ccc(C)cc1)C1=NCCCN1. The Kier molecular flexibility index (Phi) is 6.58. The first-order valence-electron chi connectivity index (χ1n) is 9.74. The second kappa shape index (κ2) is 9.31. The third-order valence-corrected chi connectivity index (χ3v) is 4.84. The molecule has 1 N–H and O–H groups in total. The number of ether oxygens (including phenoxy) is 1. The number of benzene rings is 2. The summed E-state index contributed by atoms with van der Waals surface area (Å²) >= 11 is 0. The van der Waals surface area contributed by atoms with Crippen LogP contribution >= 0.6 is 0 Å². The fraction of sp³-hybridized carbons (Fsp3) is 0.348. The molecule has 3 rings (SSSR count). The number of nitrogens with zero attached hydrogens (tertiary/aromatic N) is 1. The normalized spacial score (nSPS) is 14.6. The van der Waals surface area contributed by atoms with Gasteiger partial charge in [0, 0.05) is 18.7 Å². The van der Waals surface area contributed by atoms with E-state index in [9.17, 15) is 9.59 Å². The third kappa shape index (κ3) is 4.66. The Morgan fingerprint density at radius 3 is 2.57 bits per heavy atom. The number of aliphatic imine (C=N–C) groups is 1. The number of ketones is 1. The molecule has 1 heterocycles. The van der Waals surface area contributed by atoms with Crippen molar-refractivity contribution in [1.29, 1.82) is 0 Å². The van der Waals surface area contributed by atoms with E-state index in [0.717, 1.165) is 24.1 Å². The zero-order valence-corrected chi connectivity index (χ0v) is 16.4. The van der Waals surface area contributed by atoms with E-state index >= 15 is 0 Å². The van der Waals surface area contributed by atoms with Crippen LogP contribution in [-0.4, -0.2) is 37.3 Å². The van der Waals surface area contributed by atoms with Crippen LogP contribution in [0, 0.1) is 12.8 Å². The smallest absolute Gasteiger partial charge is 0.338 e. The van der Waals surface area contributed by atoms with E-state index in [1.54, 1.807) is 13.0 Å². The standard InChI is InChI=1S/C23H26N2O3/c1-3-28-23(27)19-8-5-4-7-18(19)15-20(22-24-13-6-14-25-22)21(26)17-11-9-16(2)10-12-17/h4-5,7-12,20H,3,6,13-15H2,1-2H3,(H,24,25). The molecule has 146 valence electrons. The van der Waals surface area contributed by atoms with Gasteiger partial charge in [-0.15, -0.1) is 0 Å². The van der Waals surface area contributed by atoms with Crippen molar-refractivity contribution in [3.8, 4) is 0 Å². The van der Waals surface area contributed by atoms with Crippen molar-refractivity contribution >= 4 is 17.6 Å². The minimum Gasteiger partial charge on any atom is -0.462 e. The van der Waals surface area contributed by atoms with Crippen LogP contribution in [0.2, 0.25) is 0 Å². The van der Waals surface area contributed by atoms with Gasteiger partial charge in [0.15, 0.2) is 5.78 Å². The van der Waals surface area contributed by atoms with E-state index in [-0.39, 0.29) is 11.8 Å². The molecule has 0 bridgehead atoms. The number of hydrogen-bond acceptors (Lipinski definition) is 5. The first-order valence-corrected chi connectivity index (χ1v) is 9.74. The Bertz CT molecular complexity index is 872. The molecule has 0 radical (unpaired) electrons. The number of carbonyl (C=O) groups excluding carboxylic acids is 2. The summed E-state index contributed by atoms with van der Waals surface area (Å²) in [4.78, 5) is 30.2. The second-order valence-electron chi connectivity index (χ2n) is 6.91. The van der Waals surface area contributed by atoms with Crippen LogP contribution in [0.1, 0.15) is 45.2 Å². The lowest BCUT2D eigenvalue weighted by Gasteiger charge is -2.23. The first-order chi connectivity index (χ1) is 13.6. The number of amidine groups is 1. The average molecular weight is 378 g/mol. The van der Waals surface area contributed by atoms with Crippen molar-refractivity contribution in [3.05, 3.63) is 70.8 Å². The Labute approximate surface area is 165 Å². The fourth-order valence-corrected chi connectivity index (χ4v) is 3.34. The highest BCUT2D eigenvalue weighted by atomic mass is 16.5. The molecular weight excluding hydrogens is 352 g/mol. The Balaban J connectivity index is 1.94. The van der Waals surface area contributed by atoms with Gasteiger partial charge in [-0.1, -0.05) is 48.0 Å². The summed E-state index contributed by atoms with van der Waals surface area (Å²) in [6.45, 7) is 5.60. The van der Waals surface area contributed by atoms with E-state index in [2.05, 4.69) is 10.3 Å². The largest absolute Gasteiger partial charge is 0.462 e. The van der Waals surface area contributed by atoms with Crippen LogP contribution in [0.3, 0.4) is 0 Å². The summed E-state index contributed by atoms with van der Waals surface area (Å²) in [5, 5.41) is 3.29. The minimum absolute atomic E-state index is 0.00631. The number of rotatable bonds is 7. The molecule has 0 aliphatic carbocycles. The summed E-state index contributed by atoms with van der Waals surface area (Å²) in [7, 11) is 0. The van der Waals surface area contributed by atoms with Crippen molar-refractivity contribution in [2.45, 2.75) is 26.7 Å². The summed E-state index contributed by atoms with van der Waals surface area (Å²) in [5.41, 5.74) is 3.05. The third-order valence-electron chi connectivity index (χ3n) is 4.84. The number of Topliss-reactive ketones (excluding diaryl/α,β-unsaturated/α-hetero) is 1. The van der Waals surface area contributed by atoms with Crippen LogP contribution in [0.4, 0.5) is 0 Å². The summed E-state index contributed by atoms with van der Waals surface area (Å²) in [5.74, 6) is -0.112. The molecular formula is C23H26N2O3. The van der Waals surface area contributed by atoms with Gasteiger partial charge in [0.2, 0.25) is 0 Å². The van der Waals surface area contributed by atoms with Crippen LogP contribution in [0.5, 0.6) is 0 Å². The highest BCUT2D eigenvalue weighted by Crippen LogP contribution is 2.21. The molecule has 1 atom stereocenters. The summed E-state index contributed by atoms with van der Waals surface area (Å²) in [6, 6.07) is 14.9. The van der Waals surface area contributed by atoms with Crippen molar-refractivity contribution in [3.63, 3.8) is 0 Å². The fourth-order valence-electron chi connectivity index (χ4n) is 3.34. The Morgan fingerprint density at radius 1 is 1.14 bits per heavy atom. The van der Waals surface area contributed by atoms with Gasteiger partial charge in [-0.3, -0.25) is 9.79 Å². The summed E-state index contributed by atoms with van der Waals surface area (Å²) < 4.78 is 5.18. The molecule has 5 nitrogen and oxygen atoms in total. The van der Waals surface area contributed by atoms with Crippen LogP contribution < -0.4 is 5.32 Å². The summed E-state index contributed by atoms with van der Waals surface area (Å²) in [6.07, 6.45) is 1.35. The lowest BCUT2D eigenvalue weighted by molar-refractivity contribution is 0.0524. The number of hydrogen-bond donors (Lipinski definition) is 1. The maximum Gasteiger partial charge on any atom is 0.338 e. The van der Waals surface area contributed by atoms with E-state index in [1.807, 2.05) is 49.4 Å². The Hall–Kier alpha value is -2.95. The van der Waals surface area contributed by atoms with Gasteiger partial charge in [-0.25, -0.2) is 4.79 Å². The molecule has 1 unspecified atom stereocenters. The van der Waals surface area contributed by atoms with Crippen molar-refractivity contribution in [2.75, 3.05) is 19.7 Å². The number of carbonyl (C=O) groups is 2. The lowest BCUT2D eigenvalue weighted by Crippen LogP contribution is -2.40. The van der Waals surface area contributed by atoms with E-state index in [0.29, 0.717) is 36.5 Å². The Morgan fingerprint density at radius 2 is 1.89 bits per heavy atom. The van der Waals surface area contributed by atoms with Gasteiger partial charge in [-0.05, 0) is 38.3 Å². The topological polar surface area (TPSA) is 67.8 Å². The van der Waals surface area contributed by atoms with Crippen molar-refractivity contribution in [2.24, 2.45) is 10.9 Å². The predicted molar refractivity (Wildman–Crippen MR) is 110 cm³/mol. The molecule has 1 aliphatic rings. The average Bonchev–Trinajstić information content (AvgIpc) is 2.73. The highest BCUT2D eigenvalue weighted by Gasteiger charge is 2.28. The zero-order valence-electron chi connectivity index (χ0n) is 16.4. The molecule has 0 fully saturated rings.